The molecule has 1 aromatic rings. The smallest absolute Gasteiger partial charge is 0.126 e. The molecule has 0 aliphatic carbocycles. The van der Waals surface area contributed by atoms with Gasteiger partial charge in [0, 0.05) is 43.8 Å². The predicted molar refractivity (Wildman–Crippen MR) is 139 cm³/mol. The van der Waals surface area contributed by atoms with Crippen LogP contribution in [0.3, 0.4) is 0 Å². The molecule has 5 heteroatoms. The maximum atomic E-state index is 14.3. The van der Waals surface area contributed by atoms with Gasteiger partial charge < -0.3 is 10.6 Å². The van der Waals surface area contributed by atoms with Gasteiger partial charge in [-0.15, -0.1) is 0 Å². The van der Waals surface area contributed by atoms with Crippen LogP contribution in [0.4, 0.5) is 4.39 Å². The van der Waals surface area contributed by atoms with E-state index in [1.54, 1.807) is 19.3 Å². The molecule has 0 fully saturated rings. The van der Waals surface area contributed by atoms with E-state index < -0.39 is 0 Å². The van der Waals surface area contributed by atoms with E-state index in [-0.39, 0.29) is 5.82 Å². The van der Waals surface area contributed by atoms with Crippen LogP contribution in [0.25, 0.3) is 5.57 Å². The van der Waals surface area contributed by atoms with E-state index in [9.17, 15) is 4.39 Å². The lowest BCUT2D eigenvalue weighted by atomic mass is 9.93. The van der Waals surface area contributed by atoms with Crippen LogP contribution in [0, 0.1) is 19.7 Å². The van der Waals surface area contributed by atoms with Crippen molar-refractivity contribution in [3.05, 3.63) is 75.9 Å². The zero-order valence-electron chi connectivity index (χ0n) is 20.9. The molecule has 4 nitrogen and oxygen atoms in total. The first-order chi connectivity index (χ1) is 15.2. The van der Waals surface area contributed by atoms with Gasteiger partial charge in [0.05, 0.1) is 0 Å². The summed E-state index contributed by atoms with van der Waals surface area (Å²) in [6.07, 6.45) is 10.1. The number of likely N-dealkylation sites (N-methyl/N-ethyl adjacent to an activating group) is 1. The molecular formula is C27H39FN4. The van der Waals surface area contributed by atoms with Gasteiger partial charge in [0.25, 0.3) is 0 Å². The van der Waals surface area contributed by atoms with Crippen molar-refractivity contribution >= 4 is 17.6 Å². The van der Waals surface area contributed by atoms with Gasteiger partial charge >= 0.3 is 0 Å². The summed E-state index contributed by atoms with van der Waals surface area (Å²) in [5.41, 5.74) is 7.05. The fourth-order valence-electron chi connectivity index (χ4n) is 3.25. The number of allylic oxidation sites excluding steroid dienone is 5. The highest BCUT2D eigenvalue weighted by atomic mass is 19.1. The molecule has 32 heavy (non-hydrogen) atoms. The summed E-state index contributed by atoms with van der Waals surface area (Å²) in [6.45, 7) is 15.5. The van der Waals surface area contributed by atoms with E-state index in [0.717, 1.165) is 46.8 Å². The number of hydrogen-bond donors (Lipinski definition) is 2. The molecule has 0 amide bonds. The number of amidine groups is 1. The van der Waals surface area contributed by atoms with Crippen molar-refractivity contribution in [2.45, 2.75) is 54.9 Å². The van der Waals surface area contributed by atoms with Gasteiger partial charge in [0.15, 0.2) is 0 Å². The minimum absolute atomic E-state index is 0.152. The molecule has 0 heterocycles. The first kappa shape index (κ1) is 27.1. The second-order valence-corrected chi connectivity index (χ2v) is 7.95. The molecule has 0 aromatic heterocycles. The van der Waals surface area contributed by atoms with Gasteiger partial charge in [-0.3, -0.25) is 9.98 Å². The van der Waals surface area contributed by atoms with Crippen LogP contribution in [-0.4, -0.2) is 32.2 Å². The Labute approximate surface area is 193 Å². The fourth-order valence-corrected chi connectivity index (χ4v) is 3.25. The third-order valence-corrected chi connectivity index (χ3v) is 5.16. The van der Waals surface area contributed by atoms with E-state index in [1.165, 1.54) is 5.57 Å². The lowest BCUT2D eigenvalue weighted by Gasteiger charge is -2.16. The van der Waals surface area contributed by atoms with Crippen LogP contribution in [0.2, 0.25) is 0 Å². The zero-order valence-corrected chi connectivity index (χ0v) is 20.9. The minimum atomic E-state index is -0.152. The molecular weight excluding hydrogens is 399 g/mol. The molecule has 0 unspecified atom stereocenters. The average molecular weight is 439 g/mol. The largest absolute Gasteiger partial charge is 0.370 e. The number of aliphatic imine (C=N–C) groups is 2. The number of nitrogens with zero attached hydrogens (tertiary/aromatic N) is 2. The quantitative estimate of drug-likeness (QED) is 0.256. The SMILES string of the molecule is CCNC(=NCCC(=C(C)C)c1cc(C)cc(F)c1C)/C(C)=C(/C)NC=CC=CC=NC. The number of benzene rings is 1. The van der Waals surface area contributed by atoms with Crippen molar-refractivity contribution in [2.75, 3.05) is 20.1 Å². The predicted octanol–water partition coefficient (Wildman–Crippen LogP) is 6.29. The summed E-state index contributed by atoms with van der Waals surface area (Å²) in [5.74, 6) is 0.723. The fraction of sp³-hybridized carbons (Fsp3) is 0.407. The van der Waals surface area contributed by atoms with Crippen molar-refractivity contribution in [3.63, 3.8) is 0 Å². The minimum Gasteiger partial charge on any atom is -0.370 e. The van der Waals surface area contributed by atoms with E-state index in [1.807, 2.05) is 45.2 Å². The Balaban J connectivity index is 3.03. The van der Waals surface area contributed by atoms with Crippen molar-refractivity contribution in [3.8, 4) is 0 Å². The molecule has 0 saturated carbocycles. The summed E-state index contributed by atoms with van der Waals surface area (Å²) in [5, 5.41) is 6.67. The lowest BCUT2D eigenvalue weighted by Crippen LogP contribution is -2.26. The highest BCUT2D eigenvalue weighted by Gasteiger charge is 2.12. The third-order valence-electron chi connectivity index (χ3n) is 5.16. The first-order valence-corrected chi connectivity index (χ1v) is 11.1. The van der Waals surface area contributed by atoms with Gasteiger partial charge in [-0.25, -0.2) is 4.39 Å². The summed E-state index contributed by atoms with van der Waals surface area (Å²) >= 11 is 0. The van der Waals surface area contributed by atoms with E-state index in [2.05, 4.69) is 49.4 Å². The molecule has 1 aromatic carbocycles. The number of hydrogen-bond acceptors (Lipinski definition) is 3. The Morgan fingerprint density at radius 1 is 1.06 bits per heavy atom. The topological polar surface area (TPSA) is 48.8 Å². The Kier molecular flexibility index (Phi) is 12.0. The van der Waals surface area contributed by atoms with Gasteiger partial charge in [0.1, 0.15) is 11.7 Å². The van der Waals surface area contributed by atoms with E-state index in [0.29, 0.717) is 12.1 Å². The van der Waals surface area contributed by atoms with Crippen LogP contribution in [0.5, 0.6) is 0 Å². The molecule has 1 rings (SSSR count). The Hall–Kier alpha value is -2.95. The summed E-state index contributed by atoms with van der Waals surface area (Å²) in [7, 11) is 1.74. The number of halogens is 1. The normalized spacial score (nSPS) is 13.2. The highest BCUT2D eigenvalue weighted by molar-refractivity contribution is 5.98. The monoisotopic (exact) mass is 438 g/mol. The standard InChI is InChI=1S/C27H39FN4/c1-9-30-27(21(5)23(7)31-15-12-10-11-14-29-8)32-16-13-24(19(2)3)25-17-20(4)18-26(28)22(25)6/h10-12,14-15,17-18,31H,9,13,16H2,1-8H3,(H,30,32)/b11-10?,15-12?,23-21-,29-14?. The molecule has 0 aliphatic rings. The van der Waals surface area contributed by atoms with Crippen LogP contribution < -0.4 is 10.6 Å². The average Bonchev–Trinajstić information content (AvgIpc) is 2.74. The van der Waals surface area contributed by atoms with Crippen molar-refractivity contribution in [1.29, 1.82) is 0 Å². The van der Waals surface area contributed by atoms with E-state index >= 15 is 0 Å². The maximum Gasteiger partial charge on any atom is 0.126 e. The Morgan fingerprint density at radius 2 is 1.78 bits per heavy atom. The number of rotatable bonds is 10. The van der Waals surface area contributed by atoms with Crippen LogP contribution in [-0.2, 0) is 0 Å². The Bertz CT molecular complexity index is 943. The molecule has 174 valence electrons. The summed E-state index contributed by atoms with van der Waals surface area (Å²) in [6, 6.07) is 3.66. The summed E-state index contributed by atoms with van der Waals surface area (Å²) in [4.78, 5) is 8.75. The molecule has 0 radical (unpaired) electrons. The second kappa shape index (κ2) is 14.2. The van der Waals surface area contributed by atoms with Crippen LogP contribution in [0.1, 0.15) is 57.7 Å². The second-order valence-electron chi connectivity index (χ2n) is 7.95. The number of nitrogens with one attached hydrogen (secondary N) is 2. The molecule has 2 N–H and O–H groups in total. The van der Waals surface area contributed by atoms with Gasteiger partial charge in [-0.1, -0.05) is 17.7 Å². The third kappa shape index (κ3) is 8.66. The van der Waals surface area contributed by atoms with E-state index in [4.69, 9.17) is 4.99 Å². The Morgan fingerprint density at radius 3 is 2.41 bits per heavy atom. The summed E-state index contributed by atoms with van der Waals surface area (Å²) < 4.78 is 14.3. The molecule has 0 spiro atoms. The van der Waals surface area contributed by atoms with Crippen LogP contribution in [0.15, 0.2) is 63.4 Å². The van der Waals surface area contributed by atoms with Crippen molar-refractivity contribution in [2.24, 2.45) is 9.98 Å². The maximum absolute atomic E-state index is 14.3. The molecule has 0 atom stereocenters. The van der Waals surface area contributed by atoms with Crippen LogP contribution >= 0.6 is 0 Å². The molecule has 0 bridgehead atoms. The molecule has 0 aliphatic heterocycles. The van der Waals surface area contributed by atoms with Gasteiger partial charge in [-0.05, 0) is 95.4 Å². The lowest BCUT2D eigenvalue weighted by molar-refractivity contribution is 0.616. The van der Waals surface area contributed by atoms with Gasteiger partial charge in [0.2, 0.25) is 0 Å². The zero-order chi connectivity index (χ0) is 24.1. The highest BCUT2D eigenvalue weighted by Crippen LogP contribution is 2.28. The molecule has 0 saturated heterocycles. The van der Waals surface area contributed by atoms with Crippen molar-refractivity contribution < 1.29 is 4.39 Å². The number of aryl methyl sites for hydroxylation is 1. The first-order valence-electron chi connectivity index (χ1n) is 11.1. The van der Waals surface area contributed by atoms with Crippen molar-refractivity contribution in [1.82, 2.24) is 10.6 Å². The van der Waals surface area contributed by atoms with Gasteiger partial charge in [-0.2, -0.15) is 0 Å².